The van der Waals surface area contributed by atoms with Crippen LogP contribution in [-0.2, 0) is 10.0 Å². The Bertz CT molecular complexity index is 486. The maximum Gasteiger partial charge on any atom is 0.233 e. The molecular weight excluding hydrogens is 232 g/mol. The fraction of sp³-hybridized carbons (Fsp3) is 0.333. The first kappa shape index (κ1) is 11.0. The van der Waals surface area contributed by atoms with Crippen molar-refractivity contribution in [1.29, 1.82) is 0 Å². The first-order valence-electron chi connectivity index (χ1n) is 4.71. The molecule has 0 saturated carbocycles. The van der Waals surface area contributed by atoms with Crippen molar-refractivity contribution in [2.75, 3.05) is 23.8 Å². The molecule has 0 aliphatic carbocycles. The highest BCUT2D eigenvalue weighted by atomic mass is 32.2. The molecule has 1 aliphatic rings. The number of sulfonamides is 1. The summed E-state index contributed by atoms with van der Waals surface area (Å²) < 4.78 is 35.5. The summed E-state index contributed by atoms with van der Waals surface area (Å²) in [5.41, 5.74) is 5.64. The van der Waals surface area contributed by atoms with Crippen molar-refractivity contribution in [3.05, 3.63) is 18.2 Å². The molecule has 1 aromatic rings. The van der Waals surface area contributed by atoms with Crippen LogP contribution in [0.4, 0.5) is 5.69 Å². The molecule has 0 aromatic heterocycles. The molecule has 0 spiro atoms. The van der Waals surface area contributed by atoms with Crippen molar-refractivity contribution < 1.29 is 17.9 Å². The highest BCUT2D eigenvalue weighted by molar-refractivity contribution is 7.92. The molecule has 3 N–H and O–H groups in total. The Morgan fingerprint density at radius 2 is 2.06 bits per heavy atom. The van der Waals surface area contributed by atoms with Gasteiger partial charge in [-0.05, 0) is 12.1 Å². The SMILES string of the molecule is NCCS(=O)(=O)Nc1ccc2c(c1)OCO2. The molecule has 0 radical (unpaired) electrons. The molecule has 0 fully saturated rings. The van der Waals surface area contributed by atoms with Crippen LogP contribution in [0.5, 0.6) is 11.5 Å². The number of nitrogens with two attached hydrogens (primary N) is 1. The minimum absolute atomic E-state index is 0.0832. The van der Waals surface area contributed by atoms with Crippen LogP contribution >= 0.6 is 0 Å². The zero-order valence-electron chi connectivity index (χ0n) is 8.47. The van der Waals surface area contributed by atoms with E-state index in [1.165, 1.54) is 0 Å². The summed E-state index contributed by atoms with van der Waals surface area (Å²) in [5.74, 6) is 1.04. The van der Waals surface area contributed by atoms with Gasteiger partial charge in [0.15, 0.2) is 11.5 Å². The first-order chi connectivity index (χ1) is 7.61. The standard InChI is InChI=1S/C9H12N2O4S/c10-3-4-16(12,13)11-7-1-2-8-9(5-7)15-6-14-8/h1-2,5,11H,3-4,6,10H2. The monoisotopic (exact) mass is 244 g/mol. The predicted molar refractivity (Wildman–Crippen MR) is 59.0 cm³/mol. The third-order valence-electron chi connectivity index (χ3n) is 2.03. The second-order valence-electron chi connectivity index (χ2n) is 3.28. The van der Waals surface area contributed by atoms with Crippen LogP contribution in [0, 0.1) is 0 Å². The number of hydrogen-bond acceptors (Lipinski definition) is 5. The Morgan fingerprint density at radius 1 is 1.31 bits per heavy atom. The molecule has 1 aromatic carbocycles. The minimum Gasteiger partial charge on any atom is -0.454 e. The van der Waals surface area contributed by atoms with Crippen LogP contribution in [0.2, 0.25) is 0 Å². The quantitative estimate of drug-likeness (QED) is 0.784. The van der Waals surface area contributed by atoms with Gasteiger partial charge in [0.05, 0.1) is 11.4 Å². The summed E-state index contributed by atoms with van der Waals surface area (Å²) >= 11 is 0. The van der Waals surface area contributed by atoms with Crippen molar-refractivity contribution in [2.45, 2.75) is 0 Å². The summed E-state index contributed by atoms with van der Waals surface area (Å²) in [6.07, 6.45) is 0. The molecular formula is C9H12N2O4S. The lowest BCUT2D eigenvalue weighted by molar-refractivity contribution is 0.174. The molecule has 1 heterocycles. The Hall–Kier alpha value is -1.47. The molecule has 88 valence electrons. The Kier molecular flexibility index (Phi) is 2.88. The highest BCUT2D eigenvalue weighted by Gasteiger charge is 2.15. The van der Waals surface area contributed by atoms with Gasteiger partial charge in [0.25, 0.3) is 0 Å². The number of benzene rings is 1. The van der Waals surface area contributed by atoms with Crippen molar-refractivity contribution in [3.63, 3.8) is 0 Å². The maximum absolute atomic E-state index is 11.4. The van der Waals surface area contributed by atoms with E-state index in [9.17, 15) is 8.42 Å². The summed E-state index contributed by atoms with van der Waals surface area (Å²) in [6.45, 7) is 0.244. The molecule has 2 rings (SSSR count). The third kappa shape index (κ3) is 2.37. The zero-order chi connectivity index (χ0) is 11.6. The van der Waals surface area contributed by atoms with E-state index < -0.39 is 10.0 Å². The van der Waals surface area contributed by atoms with Crippen LogP contribution in [0.3, 0.4) is 0 Å². The Labute approximate surface area is 93.4 Å². The number of nitrogens with one attached hydrogen (secondary N) is 1. The fourth-order valence-corrected chi connectivity index (χ4v) is 2.24. The largest absolute Gasteiger partial charge is 0.454 e. The van der Waals surface area contributed by atoms with Gasteiger partial charge in [-0.2, -0.15) is 0 Å². The van der Waals surface area contributed by atoms with Gasteiger partial charge in [0.2, 0.25) is 16.8 Å². The van der Waals surface area contributed by atoms with E-state index in [1.54, 1.807) is 18.2 Å². The van der Waals surface area contributed by atoms with Crippen LogP contribution in [0.1, 0.15) is 0 Å². The number of ether oxygens (including phenoxy) is 2. The highest BCUT2D eigenvalue weighted by Crippen LogP contribution is 2.34. The van der Waals surface area contributed by atoms with Gasteiger partial charge in [-0.25, -0.2) is 8.42 Å². The van der Waals surface area contributed by atoms with Crippen LogP contribution in [0.15, 0.2) is 18.2 Å². The Morgan fingerprint density at radius 3 is 2.81 bits per heavy atom. The minimum atomic E-state index is -3.37. The van der Waals surface area contributed by atoms with Crippen LogP contribution in [-0.4, -0.2) is 27.5 Å². The summed E-state index contributed by atoms with van der Waals surface area (Å²) in [5, 5.41) is 0. The van der Waals surface area contributed by atoms with E-state index in [0.717, 1.165) is 0 Å². The van der Waals surface area contributed by atoms with Crippen LogP contribution < -0.4 is 19.9 Å². The average Bonchev–Trinajstić information content (AvgIpc) is 2.63. The maximum atomic E-state index is 11.4. The average molecular weight is 244 g/mol. The first-order valence-corrected chi connectivity index (χ1v) is 6.36. The summed E-state index contributed by atoms with van der Waals surface area (Å²) in [6, 6.07) is 4.85. The van der Waals surface area contributed by atoms with Crippen molar-refractivity contribution in [1.82, 2.24) is 0 Å². The van der Waals surface area contributed by atoms with Crippen molar-refractivity contribution in [2.24, 2.45) is 5.73 Å². The van der Waals surface area contributed by atoms with Gasteiger partial charge in [-0.1, -0.05) is 0 Å². The second-order valence-corrected chi connectivity index (χ2v) is 5.12. The topological polar surface area (TPSA) is 90.7 Å². The zero-order valence-corrected chi connectivity index (χ0v) is 9.29. The van der Waals surface area contributed by atoms with Gasteiger partial charge in [0.1, 0.15) is 0 Å². The molecule has 0 bridgehead atoms. The number of hydrogen-bond donors (Lipinski definition) is 2. The molecule has 0 amide bonds. The predicted octanol–water partition coefficient (Wildman–Crippen LogP) is 0.116. The van der Waals surface area contributed by atoms with E-state index in [-0.39, 0.29) is 19.1 Å². The van der Waals surface area contributed by atoms with Crippen LogP contribution in [0.25, 0.3) is 0 Å². The van der Waals surface area contributed by atoms with E-state index in [4.69, 9.17) is 15.2 Å². The van der Waals surface area contributed by atoms with Gasteiger partial charge in [-0.3, -0.25) is 4.72 Å². The fourth-order valence-electron chi connectivity index (χ4n) is 1.35. The molecule has 0 atom stereocenters. The van der Waals surface area contributed by atoms with Crippen molar-refractivity contribution >= 4 is 15.7 Å². The number of anilines is 1. The molecule has 7 heteroatoms. The van der Waals surface area contributed by atoms with Gasteiger partial charge in [-0.15, -0.1) is 0 Å². The van der Waals surface area contributed by atoms with Gasteiger partial charge >= 0.3 is 0 Å². The normalized spacial score (nSPS) is 13.8. The smallest absolute Gasteiger partial charge is 0.233 e. The lowest BCUT2D eigenvalue weighted by Crippen LogP contribution is -2.22. The van der Waals surface area contributed by atoms with Gasteiger partial charge in [0, 0.05) is 12.6 Å². The molecule has 6 nitrogen and oxygen atoms in total. The van der Waals surface area contributed by atoms with E-state index in [1.807, 2.05) is 0 Å². The van der Waals surface area contributed by atoms with E-state index in [0.29, 0.717) is 17.2 Å². The molecule has 0 unspecified atom stereocenters. The van der Waals surface area contributed by atoms with E-state index in [2.05, 4.69) is 4.72 Å². The molecule has 0 saturated heterocycles. The summed E-state index contributed by atoms with van der Waals surface area (Å²) in [4.78, 5) is 0. The Balaban J connectivity index is 2.17. The summed E-state index contributed by atoms with van der Waals surface area (Å²) in [7, 11) is -3.37. The third-order valence-corrected chi connectivity index (χ3v) is 3.35. The molecule has 1 aliphatic heterocycles. The molecule has 16 heavy (non-hydrogen) atoms. The second kappa shape index (κ2) is 4.18. The lowest BCUT2D eigenvalue weighted by Gasteiger charge is -2.07. The number of rotatable bonds is 4. The number of fused-ring (bicyclic) bond motifs is 1. The van der Waals surface area contributed by atoms with E-state index >= 15 is 0 Å². The lowest BCUT2D eigenvalue weighted by atomic mass is 10.3. The van der Waals surface area contributed by atoms with Gasteiger partial charge < -0.3 is 15.2 Å². The van der Waals surface area contributed by atoms with Crippen molar-refractivity contribution in [3.8, 4) is 11.5 Å².